The molecular formula is C18H21N7OS. The second-order valence-electron chi connectivity index (χ2n) is 6.50. The van der Waals surface area contributed by atoms with Crippen LogP contribution in [0.3, 0.4) is 0 Å². The highest BCUT2D eigenvalue weighted by molar-refractivity contribution is 7.98. The minimum atomic E-state index is 0.364. The Balaban J connectivity index is 1.31. The number of thioether (sulfide) groups is 1. The second-order valence-corrected chi connectivity index (χ2v) is 7.38. The summed E-state index contributed by atoms with van der Waals surface area (Å²) in [5.74, 6) is 2.57. The van der Waals surface area contributed by atoms with Crippen molar-refractivity contribution in [3.63, 3.8) is 0 Å². The predicted octanol–water partition coefficient (Wildman–Crippen LogP) is 3.40. The Labute approximate surface area is 161 Å². The molecule has 2 atom stereocenters. The van der Waals surface area contributed by atoms with Crippen molar-refractivity contribution in [2.24, 2.45) is 0 Å². The Morgan fingerprint density at radius 1 is 1.00 bits per heavy atom. The summed E-state index contributed by atoms with van der Waals surface area (Å²) in [6.07, 6.45) is 10.6. The smallest absolute Gasteiger partial charge is 0.249 e. The summed E-state index contributed by atoms with van der Waals surface area (Å²) in [4.78, 5) is 14.3. The summed E-state index contributed by atoms with van der Waals surface area (Å²) in [6, 6.07) is 4.62. The van der Waals surface area contributed by atoms with E-state index in [1.807, 2.05) is 30.8 Å². The maximum Gasteiger partial charge on any atom is 0.249 e. The number of rotatable bonds is 6. The van der Waals surface area contributed by atoms with E-state index in [9.17, 15) is 0 Å². The van der Waals surface area contributed by atoms with Crippen molar-refractivity contribution in [3.8, 4) is 11.5 Å². The quantitative estimate of drug-likeness (QED) is 0.620. The van der Waals surface area contributed by atoms with Gasteiger partial charge in [0.1, 0.15) is 5.82 Å². The molecule has 3 aromatic heterocycles. The summed E-state index contributed by atoms with van der Waals surface area (Å²) in [5.41, 5.74) is 0.818. The molecule has 0 spiro atoms. The van der Waals surface area contributed by atoms with Crippen molar-refractivity contribution >= 4 is 23.5 Å². The van der Waals surface area contributed by atoms with Gasteiger partial charge in [-0.1, -0.05) is 0 Å². The lowest BCUT2D eigenvalue weighted by molar-refractivity contribution is 0.532. The molecule has 0 radical (unpaired) electrons. The van der Waals surface area contributed by atoms with Gasteiger partial charge in [0.15, 0.2) is 0 Å². The molecule has 8 nitrogen and oxygen atoms in total. The monoisotopic (exact) mass is 383 g/mol. The van der Waals surface area contributed by atoms with E-state index in [4.69, 9.17) is 4.42 Å². The minimum absolute atomic E-state index is 0.364. The Hall–Kier alpha value is -2.68. The summed E-state index contributed by atoms with van der Waals surface area (Å²) in [5, 5.41) is 14.8. The van der Waals surface area contributed by atoms with Crippen molar-refractivity contribution in [1.82, 2.24) is 25.1 Å². The van der Waals surface area contributed by atoms with Crippen LogP contribution in [-0.2, 0) is 0 Å². The molecule has 0 unspecified atom stereocenters. The SMILES string of the molecule is CSc1cnc(N[C@H]2CC[C@H](Nc3ccc(-c4nnc(C)o4)cn3)C2)nc1. The third kappa shape index (κ3) is 4.36. The van der Waals surface area contributed by atoms with Crippen LogP contribution >= 0.6 is 11.8 Å². The number of hydrogen-bond acceptors (Lipinski definition) is 9. The van der Waals surface area contributed by atoms with E-state index in [1.54, 1.807) is 24.9 Å². The van der Waals surface area contributed by atoms with Crippen molar-refractivity contribution in [2.75, 3.05) is 16.9 Å². The van der Waals surface area contributed by atoms with Gasteiger partial charge in [-0.05, 0) is 37.7 Å². The van der Waals surface area contributed by atoms with Gasteiger partial charge in [-0.2, -0.15) is 0 Å². The van der Waals surface area contributed by atoms with Gasteiger partial charge in [0.25, 0.3) is 0 Å². The lowest BCUT2D eigenvalue weighted by atomic mass is 10.2. The number of nitrogens with zero attached hydrogens (tertiary/aromatic N) is 5. The molecule has 1 aliphatic rings. The van der Waals surface area contributed by atoms with E-state index in [2.05, 4.69) is 35.8 Å². The normalized spacial score (nSPS) is 19.2. The van der Waals surface area contributed by atoms with Crippen LogP contribution in [0.25, 0.3) is 11.5 Å². The van der Waals surface area contributed by atoms with Crippen molar-refractivity contribution < 1.29 is 4.42 Å². The zero-order chi connectivity index (χ0) is 18.6. The predicted molar refractivity (Wildman–Crippen MR) is 105 cm³/mol. The van der Waals surface area contributed by atoms with Gasteiger partial charge in [-0.15, -0.1) is 22.0 Å². The molecule has 3 aromatic rings. The maximum absolute atomic E-state index is 5.42. The Kier molecular flexibility index (Phi) is 5.19. The molecule has 2 N–H and O–H groups in total. The Morgan fingerprint density at radius 2 is 1.78 bits per heavy atom. The standard InChI is InChI=1S/C18H21N7OS/c1-11-24-25-17(26-11)12-3-6-16(19-8-12)22-13-4-5-14(7-13)23-18-20-9-15(27-2)10-21-18/h3,6,8-10,13-14H,4-5,7H2,1-2H3,(H,19,22)(H,20,21,23)/t13-,14-/m0/s1. The van der Waals surface area contributed by atoms with Crippen LogP contribution in [0.2, 0.25) is 0 Å². The second kappa shape index (κ2) is 7.91. The van der Waals surface area contributed by atoms with E-state index < -0.39 is 0 Å². The van der Waals surface area contributed by atoms with Crippen molar-refractivity contribution in [1.29, 1.82) is 0 Å². The van der Waals surface area contributed by atoms with Crippen molar-refractivity contribution in [3.05, 3.63) is 36.6 Å². The molecule has 9 heteroatoms. The molecule has 4 rings (SSSR count). The highest BCUT2D eigenvalue weighted by Gasteiger charge is 2.25. The van der Waals surface area contributed by atoms with E-state index >= 15 is 0 Å². The Morgan fingerprint density at radius 3 is 2.41 bits per heavy atom. The van der Waals surface area contributed by atoms with E-state index in [1.165, 1.54) is 0 Å². The molecule has 0 aliphatic heterocycles. The third-order valence-electron chi connectivity index (χ3n) is 4.52. The molecule has 3 heterocycles. The summed E-state index contributed by atoms with van der Waals surface area (Å²) < 4.78 is 5.42. The van der Waals surface area contributed by atoms with Crippen molar-refractivity contribution in [2.45, 2.75) is 43.2 Å². The highest BCUT2D eigenvalue weighted by Crippen LogP contribution is 2.25. The topological polar surface area (TPSA) is 102 Å². The molecule has 0 saturated heterocycles. The van der Waals surface area contributed by atoms with Gasteiger partial charge < -0.3 is 15.1 Å². The lowest BCUT2D eigenvalue weighted by Gasteiger charge is -2.15. The first-order valence-electron chi connectivity index (χ1n) is 8.85. The largest absolute Gasteiger partial charge is 0.421 e. The number of nitrogens with one attached hydrogen (secondary N) is 2. The van der Waals surface area contributed by atoms with Gasteiger partial charge >= 0.3 is 0 Å². The fourth-order valence-corrected chi connectivity index (χ4v) is 3.47. The summed E-state index contributed by atoms with van der Waals surface area (Å²) in [7, 11) is 0. The molecule has 27 heavy (non-hydrogen) atoms. The van der Waals surface area contributed by atoms with E-state index in [-0.39, 0.29) is 0 Å². The van der Waals surface area contributed by atoms with Gasteiger partial charge in [0.2, 0.25) is 17.7 Å². The van der Waals surface area contributed by atoms with Crippen LogP contribution in [-0.4, -0.2) is 43.5 Å². The first-order chi connectivity index (χ1) is 13.2. The first kappa shape index (κ1) is 17.7. The van der Waals surface area contributed by atoms with Crippen LogP contribution < -0.4 is 10.6 Å². The molecule has 0 bridgehead atoms. The maximum atomic E-state index is 5.42. The zero-order valence-corrected chi connectivity index (χ0v) is 16.0. The Bertz CT molecular complexity index is 881. The molecule has 1 fully saturated rings. The fraction of sp³-hybridized carbons (Fsp3) is 0.389. The molecule has 1 aliphatic carbocycles. The van der Waals surface area contributed by atoms with Gasteiger partial charge in [-0.3, -0.25) is 0 Å². The number of aromatic nitrogens is 5. The van der Waals surface area contributed by atoms with Crippen LogP contribution in [0.15, 0.2) is 40.0 Å². The van der Waals surface area contributed by atoms with Crippen LogP contribution in [0.5, 0.6) is 0 Å². The number of hydrogen-bond donors (Lipinski definition) is 2. The average molecular weight is 383 g/mol. The van der Waals surface area contributed by atoms with Crippen LogP contribution in [0, 0.1) is 6.92 Å². The van der Waals surface area contributed by atoms with Gasteiger partial charge in [0.05, 0.1) is 5.56 Å². The molecule has 0 aromatic carbocycles. The van der Waals surface area contributed by atoms with E-state index in [0.29, 0.717) is 29.8 Å². The minimum Gasteiger partial charge on any atom is -0.421 e. The summed E-state index contributed by atoms with van der Waals surface area (Å²) in [6.45, 7) is 1.77. The first-order valence-corrected chi connectivity index (χ1v) is 10.1. The molecule has 0 amide bonds. The molecular weight excluding hydrogens is 362 g/mol. The third-order valence-corrected chi connectivity index (χ3v) is 5.20. The zero-order valence-electron chi connectivity index (χ0n) is 15.2. The average Bonchev–Trinajstić information content (AvgIpc) is 3.32. The number of aryl methyl sites for hydroxylation is 1. The number of pyridine rings is 1. The van der Waals surface area contributed by atoms with Gasteiger partial charge in [-0.25, -0.2) is 15.0 Å². The highest BCUT2D eigenvalue weighted by atomic mass is 32.2. The lowest BCUT2D eigenvalue weighted by Crippen LogP contribution is -2.22. The van der Waals surface area contributed by atoms with Crippen LogP contribution in [0.4, 0.5) is 11.8 Å². The number of anilines is 2. The molecule has 1 saturated carbocycles. The summed E-state index contributed by atoms with van der Waals surface area (Å²) >= 11 is 1.64. The molecule has 140 valence electrons. The van der Waals surface area contributed by atoms with E-state index in [0.717, 1.165) is 35.5 Å². The van der Waals surface area contributed by atoms with Gasteiger partial charge in [0, 0.05) is 42.5 Å². The fourth-order valence-electron chi connectivity index (χ4n) is 3.15. The van der Waals surface area contributed by atoms with Crippen LogP contribution in [0.1, 0.15) is 25.2 Å².